The number of ether oxygens (including phenoxy) is 1. The minimum atomic E-state index is 0.609. The third-order valence-corrected chi connectivity index (χ3v) is 1.60. The zero-order valence-corrected chi connectivity index (χ0v) is 7.37. The highest BCUT2D eigenvalue weighted by Gasteiger charge is 1.92. The summed E-state index contributed by atoms with van der Waals surface area (Å²) >= 11 is 0. The molecule has 68 valence electrons. The maximum Gasteiger partial charge on any atom is 0.192 e. The number of methoxy groups -OCH3 is 1. The molecule has 0 fully saturated rings. The number of hydrazine groups is 1. The van der Waals surface area contributed by atoms with E-state index in [1.54, 1.807) is 13.3 Å². The average Bonchev–Trinajstić information content (AvgIpc) is 2.19. The van der Waals surface area contributed by atoms with E-state index in [9.17, 15) is 0 Å². The summed E-state index contributed by atoms with van der Waals surface area (Å²) in [5.41, 5.74) is 6.17. The van der Waals surface area contributed by atoms with Crippen LogP contribution in [0.2, 0.25) is 0 Å². The Morgan fingerprint density at radius 2 is 2.08 bits per heavy atom. The Hall–Kier alpha value is -1.73. The molecule has 1 aromatic carbocycles. The van der Waals surface area contributed by atoms with Crippen molar-refractivity contribution < 1.29 is 4.74 Å². The van der Waals surface area contributed by atoms with Gasteiger partial charge < -0.3 is 4.74 Å². The highest BCUT2D eigenvalue weighted by atomic mass is 16.5. The lowest BCUT2D eigenvalue weighted by Gasteiger charge is -2.03. The molecule has 0 spiro atoms. The van der Waals surface area contributed by atoms with Crippen LogP contribution in [-0.4, -0.2) is 7.11 Å². The Morgan fingerprint density at radius 3 is 2.62 bits per heavy atom. The van der Waals surface area contributed by atoms with Gasteiger partial charge in [-0.05, 0) is 17.7 Å². The van der Waals surface area contributed by atoms with E-state index >= 15 is 0 Å². The first-order chi connectivity index (χ1) is 6.36. The van der Waals surface area contributed by atoms with Crippen molar-refractivity contribution in [2.45, 2.75) is 6.54 Å². The van der Waals surface area contributed by atoms with E-state index in [0.29, 0.717) is 6.54 Å². The van der Waals surface area contributed by atoms with Crippen LogP contribution in [0.15, 0.2) is 24.3 Å². The van der Waals surface area contributed by atoms with Crippen LogP contribution >= 0.6 is 0 Å². The van der Waals surface area contributed by atoms with Crippen molar-refractivity contribution in [2.24, 2.45) is 0 Å². The van der Waals surface area contributed by atoms with Crippen molar-refractivity contribution in [1.29, 1.82) is 5.26 Å². The third kappa shape index (κ3) is 3.01. The molecule has 0 aliphatic carbocycles. The van der Waals surface area contributed by atoms with Gasteiger partial charge in [-0.2, -0.15) is 5.26 Å². The molecule has 0 saturated heterocycles. The van der Waals surface area contributed by atoms with E-state index in [0.717, 1.165) is 11.3 Å². The molecular weight excluding hydrogens is 166 g/mol. The summed E-state index contributed by atoms with van der Waals surface area (Å²) in [6, 6.07) is 7.63. The molecule has 0 aliphatic rings. The number of hydrogen-bond acceptors (Lipinski definition) is 4. The van der Waals surface area contributed by atoms with Gasteiger partial charge in [0.05, 0.1) is 7.11 Å². The normalized spacial score (nSPS) is 8.92. The standard InChI is InChI=1S/C9H11N3O/c1-13-9-4-2-8(3-5-9)6-11-12-7-10/h2-5,11-12H,6H2,1H3. The van der Waals surface area contributed by atoms with Crippen LogP contribution in [0.25, 0.3) is 0 Å². The fourth-order valence-corrected chi connectivity index (χ4v) is 0.929. The number of nitrogens with one attached hydrogen (secondary N) is 2. The molecular formula is C9H11N3O. The molecule has 0 bridgehead atoms. The Balaban J connectivity index is 2.45. The van der Waals surface area contributed by atoms with E-state index in [1.165, 1.54) is 0 Å². The van der Waals surface area contributed by atoms with Crippen molar-refractivity contribution in [1.82, 2.24) is 10.9 Å². The van der Waals surface area contributed by atoms with Gasteiger partial charge in [0.2, 0.25) is 0 Å². The predicted octanol–water partition coefficient (Wildman–Crippen LogP) is 0.770. The van der Waals surface area contributed by atoms with Crippen LogP contribution in [0.4, 0.5) is 0 Å². The molecule has 1 rings (SSSR count). The van der Waals surface area contributed by atoms with Gasteiger partial charge in [0, 0.05) is 6.54 Å². The van der Waals surface area contributed by atoms with E-state index in [2.05, 4.69) is 10.9 Å². The fourth-order valence-electron chi connectivity index (χ4n) is 0.929. The minimum absolute atomic E-state index is 0.609. The van der Waals surface area contributed by atoms with Gasteiger partial charge in [0.15, 0.2) is 6.19 Å². The molecule has 0 heterocycles. The fraction of sp³-hybridized carbons (Fsp3) is 0.222. The molecule has 0 saturated carbocycles. The molecule has 4 heteroatoms. The maximum atomic E-state index is 8.18. The van der Waals surface area contributed by atoms with Gasteiger partial charge in [-0.25, -0.2) is 5.43 Å². The van der Waals surface area contributed by atoms with Crippen LogP contribution in [0.1, 0.15) is 5.56 Å². The average molecular weight is 177 g/mol. The van der Waals surface area contributed by atoms with Gasteiger partial charge in [-0.3, -0.25) is 5.43 Å². The zero-order chi connectivity index (χ0) is 9.52. The number of hydrogen-bond donors (Lipinski definition) is 2. The van der Waals surface area contributed by atoms with Gasteiger partial charge >= 0.3 is 0 Å². The summed E-state index contributed by atoms with van der Waals surface area (Å²) in [6.07, 6.45) is 1.77. The summed E-state index contributed by atoms with van der Waals surface area (Å²) < 4.78 is 5.01. The van der Waals surface area contributed by atoms with E-state index in [4.69, 9.17) is 10.00 Å². The second-order valence-electron chi connectivity index (χ2n) is 2.44. The molecule has 0 unspecified atom stereocenters. The number of nitriles is 1. The van der Waals surface area contributed by atoms with Crippen molar-refractivity contribution in [3.05, 3.63) is 29.8 Å². The van der Waals surface area contributed by atoms with Crippen LogP contribution in [0.5, 0.6) is 5.75 Å². The topological polar surface area (TPSA) is 57.1 Å². The second-order valence-corrected chi connectivity index (χ2v) is 2.44. The van der Waals surface area contributed by atoms with E-state index in [-0.39, 0.29) is 0 Å². The molecule has 0 aliphatic heterocycles. The first-order valence-corrected chi connectivity index (χ1v) is 3.86. The Kier molecular flexibility index (Phi) is 3.61. The largest absolute Gasteiger partial charge is 0.497 e. The lowest BCUT2D eigenvalue weighted by atomic mass is 10.2. The summed E-state index contributed by atoms with van der Waals surface area (Å²) in [6.45, 7) is 0.609. The lowest BCUT2D eigenvalue weighted by Crippen LogP contribution is -2.26. The van der Waals surface area contributed by atoms with Crippen LogP contribution in [0.3, 0.4) is 0 Å². The molecule has 4 nitrogen and oxygen atoms in total. The second kappa shape index (κ2) is 5.01. The molecule has 13 heavy (non-hydrogen) atoms. The van der Waals surface area contributed by atoms with Crippen molar-refractivity contribution in [3.63, 3.8) is 0 Å². The summed E-state index contributed by atoms with van der Waals surface area (Å²) in [5, 5.41) is 8.18. The summed E-state index contributed by atoms with van der Waals surface area (Å²) in [4.78, 5) is 0. The Bertz CT molecular complexity index is 289. The van der Waals surface area contributed by atoms with Crippen LogP contribution in [-0.2, 0) is 6.54 Å². The van der Waals surface area contributed by atoms with E-state index < -0.39 is 0 Å². The smallest absolute Gasteiger partial charge is 0.192 e. The first kappa shape index (κ1) is 9.36. The Morgan fingerprint density at radius 1 is 1.38 bits per heavy atom. The highest BCUT2D eigenvalue weighted by Crippen LogP contribution is 2.10. The molecule has 2 N–H and O–H groups in total. The zero-order valence-electron chi connectivity index (χ0n) is 7.37. The Labute approximate surface area is 77.1 Å². The summed E-state index contributed by atoms with van der Waals surface area (Å²) in [5.74, 6) is 0.831. The summed E-state index contributed by atoms with van der Waals surface area (Å²) in [7, 11) is 1.63. The number of benzene rings is 1. The van der Waals surface area contributed by atoms with Crippen molar-refractivity contribution in [2.75, 3.05) is 7.11 Å². The van der Waals surface area contributed by atoms with Gasteiger partial charge in [-0.1, -0.05) is 12.1 Å². The van der Waals surface area contributed by atoms with Crippen molar-refractivity contribution >= 4 is 0 Å². The third-order valence-electron chi connectivity index (χ3n) is 1.60. The number of nitrogens with zero attached hydrogens (tertiary/aromatic N) is 1. The predicted molar refractivity (Wildman–Crippen MR) is 48.6 cm³/mol. The first-order valence-electron chi connectivity index (χ1n) is 3.86. The van der Waals surface area contributed by atoms with Gasteiger partial charge in [0.1, 0.15) is 5.75 Å². The van der Waals surface area contributed by atoms with Crippen LogP contribution in [0, 0.1) is 11.5 Å². The quantitative estimate of drug-likeness (QED) is 0.309. The monoisotopic (exact) mass is 177 g/mol. The molecule has 0 atom stereocenters. The lowest BCUT2D eigenvalue weighted by molar-refractivity contribution is 0.414. The SMILES string of the molecule is COc1ccc(CNNC#N)cc1. The minimum Gasteiger partial charge on any atom is -0.497 e. The maximum absolute atomic E-state index is 8.18. The van der Waals surface area contributed by atoms with Gasteiger partial charge in [-0.15, -0.1) is 0 Å². The highest BCUT2D eigenvalue weighted by molar-refractivity contribution is 5.26. The van der Waals surface area contributed by atoms with Gasteiger partial charge in [0.25, 0.3) is 0 Å². The molecule has 0 radical (unpaired) electrons. The van der Waals surface area contributed by atoms with Crippen LogP contribution < -0.4 is 15.6 Å². The number of rotatable bonds is 4. The molecule has 0 aromatic heterocycles. The molecule has 0 amide bonds. The van der Waals surface area contributed by atoms with Crippen molar-refractivity contribution in [3.8, 4) is 11.9 Å². The van der Waals surface area contributed by atoms with E-state index in [1.807, 2.05) is 24.3 Å². The molecule has 1 aromatic rings.